The van der Waals surface area contributed by atoms with Crippen LogP contribution in [0.25, 0.3) is 0 Å². The second-order valence-corrected chi connectivity index (χ2v) is 5.13. The zero-order chi connectivity index (χ0) is 13.1. The van der Waals surface area contributed by atoms with Crippen molar-refractivity contribution < 1.29 is 9.90 Å². The fraction of sp³-hybridized carbons (Fsp3) is 0.500. The second-order valence-electron chi connectivity index (χ2n) is 5.13. The number of carbonyl (C=O) groups excluding carboxylic acids is 1. The van der Waals surface area contributed by atoms with Gasteiger partial charge in [0, 0.05) is 12.1 Å². The van der Waals surface area contributed by atoms with Crippen molar-refractivity contribution in [2.24, 2.45) is 0 Å². The lowest BCUT2D eigenvalue weighted by atomic mass is 10.0. The van der Waals surface area contributed by atoms with Gasteiger partial charge in [0.1, 0.15) is 0 Å². The summed E-state index contributed by atoms with van der Waals surface area (Å²) >= 11 is 0. The molecule has 0 fully saturated rings. The van der Waals surface area contributed by atoms with Gasteiger partial charge in [-0.2, -0.15) is 0 Å². The number of benzene rings is 1. The fourth-order valence-electron chi connectivity index (χ4n) is 1.79. The molecule has 1 unspecified atom stereocenters. The third-order valence-electron chi connectivity index (χ3n) is 2.74. The maximum Gasteiger partial charge on any atom is 0.179 e. The van der Waals surface area contributed by atoms with Crippen LogP contribution < -0.4 is 0 Å². The lowest BCUT2D eigenvalue weighted by molar-refractivity contribution is 0.0330. The Morgan fingerprint density at radius 3 is 2.35 bits per heavy atom. The second kappa shape index (κ2) is 5.43. The summed E-state index contributed by atoms with van der Waals surface area (Å²) in [5, 5.41) is 9.74. The molecule has 0 saturated carbocycles. The van der Waals surface area contributed by atoms with Gasteiger partial charge in [0.15, 0.2) is 5.78 Å². The minimum atomic E-state index is -0.792. The van der Waals surface area contributed by atoms with Crippen LogP contribution in [0.4, 0.5) is 0 Å². The molecule has 0 aliphatic heterocycles. The Balaban J connectivity index is 2.70. The van der Waals surface area contributed by atoms with Gasteiger partial charge in [-0.15, -0.1) is 0 Å². The topological polar surface area (TPSA) is 40.5 Å². The van der Waals surface area contributed by atoms with Crippen LogP contribution in [0.3, 0.4) is 0 Å². The maximum atomic E-state index is 12.1. The zero-order valence-corrected chi connectivity index (χ0v) is 11.0. The number of likely N-dealkylation sites (N-methyl/N-ethyl adjacent to an activating group) is 1. The highest BCUT2D eigenvalue weighted by Crippen LogP contribution is 2.11. The van der Waals surface area contributed by atoms with Crippen LogP contribution in [0.5, 0.6) is 0 Å². The summed E-state index contributed by atoms with van der Waals surface area (Å²) in [6.07, 6.45) is 0. The molecule has 0 heterocycles. The summed E-state index contributed by atoms with van der Waals surface area (Å²) in [5.41, 5.74) is -0.0810. The first-order chi connectivity index (χ1) is 7.81. The number of hydrogen-bond donors (Lipinski definition) is 1. The maximum absolute atomic E-state index is 12.1. The molecule has 0 aliphatic rings. The Kier molecular flexibility index (Phi) is 4.43. The van der Waals surface area contributed by atoms with E-state index in [0.29, 0.717) is 12.1 Å². The monoisotopic (exact) mass is 235 g/mol. The van der Waals surface area contributed by atoms with Gasteiger partial charge in [-0.05, 0) is 27.8 Å². The van der Waals surface area contributed by atoms with E-state index in [1.54, 1.807) is 13.8 Å². The zero-order valence-electron chi connectivity index (χ0n) is 11.0. The normalized spacial score (nSPS) is 13.8. The Bertz CT molecular complexity index is 368. The largest absolute Gasteiger partial charge is 0.389 e. The highest BCUT2D eigenvalue weighted by Gasteiger charge is 2.24. The average Bonchev–Trinajstić information content (AvgIpc) is 2.26. The molecule has 0 amide bonds. The first-order valence-corrected chi connectivity index (χ1v) is 5.83. The van der Waals surface area contributed by atoms with Crippen LogP contribution in [0.2, 0.25) is 0 Å². The van der Waals surface area contributed by atoms with Crippen molar-refractivity contribution in [1.82, 2.24) is 4.90 Å². The van der Waals surface area contributed by atoms with Crippen molar-refractivity contribution >= 4 is 5.78 Å². The minimum absolute atomic E-state index is 0.0809. The number of Topliss-reactive ketones (excluding diaryl/α,β-unsaturated/α-hetero) is 1. The highest BCUT2D eigenvalue weighted by molar-refractivity contribution is 5.99. The van der Waals surface area contributed by atoms with E-state index in [2.05, 4.69) is 0 Å². The Morgan fingerprint density at radius 1 is 1.35 bits per heavy atom. The molecule has 1 atom stereocenters. The van der Waals surface area contributed by atoms with E-state index < -0.39 is 5.60 Å². The Morgan fingerprint density at radius 2 is 1.88 bits per heavy atom. The first kappa shape index (κ1) is 13.9. The Hall–Kier alpha value is -1.19. The van der Waals surface area contributed by atoms with E-state index in [0.717, 1.165) is 0 Å². The van der Waals surface area contributed by atoms with Gasteiger partial charge < -0.3 is 5.11 Å². The number of nitrogens with zero attached hydrogens (tertiary/aromatic N) is 1. The number of aliphatic hydroxyl groups is 1. The van der Waals surface area contributed by atoms with Crippen molar-refractivity contribution in [2.75, 3.05) is 13.6 Å². The van der Waals surface area contributed by atoms with Crippen LogP contribution in [0.1, 0.15) is 31.1 Å². The van der Waals surface area contributed by atoms with E-state index in [1.165, 1.54) is 0 Å². The summed E-state index contributed by atoms with van der Waals surface area (Å²) < 4.78 is 0. The molecule has 0 bridgehead atoms. The first-order valence-electron chi connectivity index (χ1n) is 5.83. The predicted octanol–water partition coefficient (Wildman–Crippen LogP) is 1.96. The van der Waals surface area contributed by atoms with Gasteiger partial charge in [0.05, 0.1) is 11.6 Å². The molecule has 17 heavy (non-hydrogen) atoms. The van der Waals surface area contributed by atoms with Gasteiger partial charge in [-0.3, -0.25) is 9.69 Å². The molecule has 94 valence electrons. The number of ketones is 1. The van der Waals surface area contributed by atoms with Crippen LogP contribution in [0.15, 0.2) is 30.3 Å². The minimum Gasteiger partial charge on any atom is -0.389 e. The molecule has 1 aromatic carbocycles. The molecule has 3 heteroatoms. The summed E-state index contributed by atoms with van der Waals surface area (Å²) in [6.45, 7) is 5.81. The van der Waals surface area contributed by atoms with Gasteiger partial charge in [0.25, 0.3) is 0 Å². The number of carbonyl (C=O) groups is 1. The summed E-state index contributed by atoms with van der Waals surface area (Å²) in [5.74, 6) is 0.0809. The lowest BCUT2D eigenvalue weighted by Crippen LogP contribution is -2.44. The molecule has 1 rings (SSSR count). The van der Waals surface area contributed by atoms with Crippen molar-refractivity contribution in [3.63, 3.8) is 0 Å². The molecule has 0 aliphatic carbocycles. The molecular weight excluding hydrogens is 214 g/mol. The van der Waals surface area contributed by atoms with Crippen molar-refractivity contribution in [3.8, 4) is 0 Å². The van der Waals surface area contributed by atoms with E-state index in [-0.39, 0.29) is 11.8 Å². The molecule has 0 radical (unpaired) electrons. The number of rotatable bonds is 5. The third-order valence-corrected chi connectivity index (χ3v) is 2.74. The molecule has 0 spiro atoms. The Labute approximate surface area is 103 Å². The quantitative estimate of drug-likeness (QED) is 0.793. The predicted molar refractivity (Wildman–Crippen MR) is 69.2 cm³/mol. The molecule has 1 aromatic rings. The summed E-state index contributed by atoms with van der Waals surface area (Å²) in [6, 6.07) is 9.00. The van der Waals surface area contributed by atoms with Crippen LogP contribution in [-0.4, -0.2) is 41.0 Å². The van der Waals surface area contributed by atoms with Crippen LogP contribution >= 0.6 is 0 Å². The smallest absolute Gasteiger partial charge is 0.179 e. The van der Waals surface area contributed by atoms with Crippen LogP contribution in [0, 0.1) is 0 Å². The third kappa shape index (κ3) is 4.29. The summed E-state index contributed by atoms with van der Waals surface area (Å²) in [4.78, 5) is 14.0. The van der Waals surface area contributed by atoms with E-state index in [9.17, 15) is 9.90 Å². The standard InChI is InChI=1S/C14H21NO2/c1-11(15(4)10-14(2,3)17)13(16)12-8-6-5-7-9-12/h5-9,11,17H,10H2,1-4H3. The molecule has 0 saturated heterocycles. The van der Waals surface area contributed by atoms with Crippen molar-refractivity contribution in [1.29, 1.82) is 0 Å². The van der Waals surface area contributed by atoms with Gasteiger partial charge in [-0.25, -0.2) is 0 Å². The van der Waals surface area contributed by atoms with Crippen LogP contribution in [-0.2, 0) is 0 Å². The van der Waals surface area contributed by atoms with Crippen molar-refractivity contribution in [3.05, 3.63) is 35.9 Å². The van der Waals surface area contributed by atoms with E-state index in [1.807, 2.05) is 49.2 Å². The molecular formula is C14H21NO2. The van der Waals surface area contributed by atoms with Gasteiger partial charge >= 0.3 is 0 Å². The van der Waals surface area contributed by atoms with E-state index in [4.69, 9.17) is 0 Å². The van der Waals surface area contributed by atoms with Gasteiger partial charge in [0.2, 0.25) is 0 Å². The molecule has 0 aromatic heterocycles. The molecule has 1 N–H and O–H groups in total. The SMILES string of the molecule is CC(C(=O)c1ccccc1)N(C)CC(C)(C)O. The molecule has 3 nitrogen and oxygen atoms in total. The van der Waals surface area contributed by atoms with Gasteiger partial charge in [-0.1, -0.05) is 30.3 Å². The highest BCUT2D eigenvalue weighted by atomic mass is 16.3. The lowest BCUT2D eigenvalue weighted by Gasteiger charge is -2.29. The van der Waals surface area contributed by atoms with E-state index >= 15 is 0 Å². The number of hydrogen-bond acceptors (Lipinski definition) is 3. The average molecular weight is 235 g/mol. The fourth-order valence-corrected chi connectivity index (χ4v) is 1.79. The van der Waals surface area contributed by atoms with Crippen molar-refractivity contribution in [2.45, 2.75) is 32.4 Å². The summed E-state index contributed by atoms with van der Waals surface area (Å²) in [7, 11) is 1.85.